The van der Waals surface area contributed by atoms with E-state index in [-0.39, 0.29) is 5.75 Å². The number of hydrogen-bond donors (Lipinski definition) is 2. The number of aromatic nitrogens is 1. The summed E-state index contributed by atoms with van der Waals surface area (Å²) in [6, 6.07) is 8.73. The van der Waals surface area contributed by atoms with E-state index in [0.29, 0.717) is 16.9 Å². The van der Waals surface area contributed by atoms with E-state index < -0.39 is 0 Å². The maximum atomic E-state index is 9.19. The largest absolute Gasteiger partial charge is 0.508 e. The molecule has 0 radical (unpaired) electrons. The summed E-state index contributed by atoms with van der Waals surface area (Å²) in [5.41, 5.74) is 2.76. The Bertz CT molecular complexity index is 532. The van der Waals surface area contributed by atoms with E-state index in [1.54, 1.807) is 18.2 Å². The Hall–Kier alpha value is -1.45. The lowest BCUT2D eigenvalue weighted by Crippen LogP contribution is -2.02. The number of phenolic OH excluding ortho intramolecular Hbond substituents is 1. The zero-order valence-corrected chi connectivity index (χ0v) is 11.3. The molecule has 1 aromatic heterocycles. The predicted molar refractivity (Wildman–Crippen MR) is 74.4 cm³/mol. The van der Waals surface area contributed by atoms with Crippen LogP contribution >= 0.6 is 23.2 Å². The van der Waals surface area contributed by atoms with Gasteiger partial charge in [-0.2, -0.15) is 0 Å². The van der Waals surface area contributed by atoms with Gasteiger partial charge < -0.3 is 10.4 Å². The molecular weight excluding hydrogens is 271 g/mol. The molecule has 0 aliphatic carbocycles. The summed E-state index contributed by atoms with van der Waals surface area (Å²) in [5.74, 6) is 0.251. The van der Waals surface area contributed by atoms with Crippen molar-refractivity contribution in [2.24, 2.45) is 0 Å². The Kier molecular flexibility index (Phi) is 3.94. The van der Waals surface area contributed by atoms with Gasteiger partial charge in [0.25, 0.3) is 0 Å². The molecule has 2 rings (SSSR count). The van der Waals surface area contributed by atoms with Crippen molar-refractivity contribution in [3.63, 3.8) is 0 Å². The van der Waals surface area contributed by atoms with E-state index in [2.05, 4.69) is 10.3 Å². The van der Waals surface area contributed by atoms with Gasteiger partial charge >= 0.3 is 0 Å². The molecule has 0 aliphatic rings. The summed E-state index contributed by atoms with van der Waals surface area (Å²) >= 11 is 11.8. The molecule has 0 aliphatic heterocycles. The van der Waals surface area contributed by atoms with E-state index >= 15 is 0 Å². The predicted octanol–water partition coefficient (Wildman–Crippen LogP) is 4.01. The smallest absolute Gasteiger partial charge is 0.154 e. The third-order valence-electron chi connectivity index (χ3n) is 2.55. The highest BCUT2D eigenvalue weighted by atomic mass is 35.5. The quantitative estimate of drug-likeness (QED) is 0.836. The molecule has 3 nitrogen and oxygen atoms in total. The van der Waals surface area contributed by atoms with Crippen molar-refractivity contribution in [1.82, 2.24) is 4.98 Å². The molecule has 0 amide bonds. The topological polar surface area (TPSA) is 45.2 Å². The summed E-state index contributed by atoms with van der Waals surface area (Å²) in [4.78, 5) is 3.99. The molecule has 0 atom stereocenters. The lowest BCUT2D eigenvalue weighted by molar-refractivity contribution is 0.475. The molecule has 18 heavy (non-hydrogen) atoms. The molecule has 0 spiro atoms. The number of benzene rings is 1. The van der Waals surface area contributed by atoms with Gasteiger partial charge in [-0.1, -0.05) is 35.3 Å². The molecular formula is C13H12Cl2N2O. The maximum absolute atomic E-state index is 9.19. The van der Waals surface area contributed by atoms with Crippen molar-refractivity contribution >= 4 is 28.9 Å². The van der Waals surface area contributed by atoms with Crippen molar-refractivity contribution < 1.29 is 5.11 Å². The van der Waals surface area contributed by atoms with Crippen LogP contribution in [0, 0.1) is 6.92 Å². The van der Waals surface area contributed by atoms with Gasteiger partial charge in [0, 0.05) is 6.54 Å². The van der Waals surface area contributed by atoms with Gasteiger partial charge in [0.2, 0.25) is 0 Å². The van der Waals surface area contributed by atoms with Crippen molar-refractivity contribution in [3.05, 3.63) is 51.8 Å². The lowest BCUT2D eigenvalue weighted by Gasteiger charge is -2.11. The number of aromatic hydroxyl groups is 1. The third kappa shape index (κ3) is 3.06. The summed E-state index contributed by atoms with van der Waals surface area (Å²) < 4.78 is 0. The Morgan fingerprint density at radius 2 is 1.89 bits per heavy atom. The van der Waals surface area contributed by atoms with E-state index in [9.17, 15) is 5.11 Å². The Balaban J connectivity index is 2.13. The molecule has 0 fully saturated rings. The molecule has 1 heterocycles. The van der Waals surface area contributed by atoms with Crippen LogP contribution in [0.25, 0.3) is 0 Å². The van der Waals surface area contributed by atoms with Gasteiger partial charge in [-0.05, 0) is 36.2 Å². The van der Waals surface area contributed by atoms with Crippen LogP contribution in [0.4, 0.5) is 5.69 Å². The number of nitrogens with zero attached hydrogens (tertiary/aromatic N) is 1. The minimum Gasteiger partial charge on any atom is -0.508 e. The number of phenols is 1. The molecule has 2 aromatic rings. The Labute approximate surface area is 115 Å². The first-order valence-electron chi connectivity index (χ1n) is 5.40. The molecule has 94 valence electrons. The first-order chi connectivity index (χ1) is 8.56. The SMILES string of the molecule is Cc1cc(Cl)nc(Cl)c1NCc1ccc(O)cc1. The summed E-state index contributed by atoms with van der Waals surface area (Å²) in [6.45, 7) is 2.52. The van der Waals surface area contributed by atoms with Crippen LogP contribution in [0.15, 0.2) is 30.3 Å². The van der Waals surface area contributed by atoms with Gasteiger partial charge in [-0.15, -0.1) is 0 Å². The van der Waals surface area contributed by atoms with Crippen LogP contribution in [0.5, 0.6) is 5.75 Å². The second-order valence-electron chi connectivity index (χ2n) is 3.95. The number of aryl methyl sites for hydroxylation is 1. The van der Waals surface area contributed by atoms with Gasteiger partial charge in [-0.25, -0.2) is 4.98 Å². The summed E-state index contributed by atoms with van der Waals surface area (Å²) in [7, 11) is 0. The van der Waals surface area contributed by atoms with Crippen molar-refractivity contribution in [2.75, 3.05) is 5.32 Å². The van der Waals surface area contributed by atoms with Crippen molar-refractivity contribution in [1.29, 1.82) is 0 Å². The Morgan fingerprint density at radius 1 is 1.22 bits per heavy atom. The Morgan fingerprint density at radius 3 is 2.50 bits per heavy atom. The minimum absolute atomic E-state index is 0.251. The third-order valence-corrected chi connectivity index (χ3v) is 3.01. The second-order valence-corrected chi connectivity index (χ2v) is 4.69. The number of hydrogen-bond acceptors (Lipinski definition) is 3. The number of anilines is 1. The summed E-state index contributed by atoms with van der Waals surface area (Å²) in [6.07, 6.45) is 0. The van der Waals surface area contributed by atoms with E-state index in [4.69, 9.17) is 23.2 Å². The zero-order chi connectivity index (χ0) is 13.1. The van der Waals surface area contributed by atoms with Crippen LogP contribution in [0.1, 0.15) is 11.1 Å². The fourth-order valence-electron chi connectivity index (χ4n) is 1.61. The van der Waals surface area contributed by atoms with Gasteiger partial charge in [0.05, 0.1) is 5.69 Å². The zero-order valence-electron chi connectivity index (χ0n) is 9.74. The molecule has 5 heteroatoms. The number of nitrogens with one attached hydrogen (secondary N) is 1. The van der Waals surface area contributed by atoms with Crippen molar-refractivity contribution in [2.45, 2.75) is 13.5 Å². The van der Waals surface area contributed by atoms with E-state index in [0.717, 1.165) is 16.8 Å². The highest BCUT2D eigenvalue weighted by molar-refractivity contribution is 6.34. The lowest BCUT2D eigenvalue weighted by atomic mass is 10.2. The molecule has 2 N–H and O–H groups in total. The monoisotopic (exact) mass is 282 g/mol. The van der Waals surface area contributed by atoms with Gasteiger partial charge in [-0.3, -0.25) is 0 Å². The highest BCUT2D eigenvalue weighted by Crippen LogP contribution is 2.26. The molecule has 1 aromatic carbocycles. The maximum Gasteiger partial charge on any atom is 0.154 e. The first kappa shape index (κ1) is 13.0. The van der Waals surface area contributed by atoms with Crippen LogP contribution in [-0.2, 0) is 6.54 Å². The van der Waals surface area contributed by atoms with Crippen LogP contribution in [0.2, 0.25) is 10.3 Å². The van der Waals surface area contributed by atoms with E-state index in [1.807, 2.05) is 19.1 Å². The molecule has 0 saturated carbocycles. The molecule has 0 unspecified atom stereocenters. The standard InChI is InChI=1S/C13H12Cl2N2O/c1-8-6-11(14)17-13(15)12(8)16-7-9-2-4-10(18)5-3-9/h2-6,16,18H,7H2,1H3. The summed E-state index contributed by atoms with van der Waals surface area (Å²) in [5, 5.41) is 13.1. The minimum atomic E-state index is 0.251. The van der Waals surface area contributed by atoms with Crippen LogP contribution in [0.3, 0.4) is 0 Å². The second kappa shape index (κ2) is 5.46. The van der Waals surface area contributed by atoms with Gasteiger partial charge in [0.1, 0.15) is 10.9 Å². The first-order valence-corrected chi connectivity index (χ1v) is 6.16. The van der Waals surface area contributed by atoms with Crippen molar-refractivity contribution in [3.8, 4) is 5.75 Å². The number of halogens is 2. The average molecular weight is 283 g/mol. The van der Waals surface area contributed by atoms with Crippen LogP contribution in [-0.4, -0.2) is 10.1 Å². The highest BCUT2D eigenvalue weighted by Gasteiger charge is 2.07. The normalized spacial score (nSPS) is 10.4. The molecule has 0 saturated heterocycles. The molecule has 0 bridgehead atoms. The van der Waals surface area contributed by atoms with Gasteiger partial charge in [0.15, 0.2) is 5.15 Å². The average Bonchev–Trinajstić information content (AvgIpc) is 2.30. The fraction of sp³-hybridized carbons (Fsp3) is 0.154. The fourth-order valence-corrected chi connectivity index (χ4v) is 2.21. The van der Waals surface area contributed by atoms with Crippen LogP contribution < -0.4 is 5.32 Å². The van der Waals surface area contributed by atoms with E-state index in [1.165, 1.54) is 0 Å². The number of rotatable bonds is 3. The number of pyridine rings is 1.